The fourth-order valence-corrected chi connectivity index (χ4v) is 3.81. The topological polar surface area (TPSA) is 50.8 Å². The smallest absolute Gasteiger partial charge is 0.424 e. The Kier molecular flexibility index (Phi) is 4.32. The van der Waals surface area contributed by atoms with Crippen LogP contribution < -0.4 is 10.2 Å². The summed E-state index contributed by atoms with van der Waals surface area (Å²) < 4.78 is 11.3. The van der Waals surface area contributed by atoms with Gasteiger partial charge in [-0.2, -0.15) is 0 Å². The maximum absolute atomic E-state index is 12.3. The van der Waals surface area contributed by atoms with E-state index in [9.17, 15) is 4.79 Å². The zero-order valence-electron chi connectivity index (χ0n) is 15.1. The number of carbonyl (C=O) groups is 1. The third-order valence-electron chi connectivity index (χ3n) is 5.36. The van der Waals surface area contributed by atoms with Crippen LogP contribution in [0.5, 0.6) is 5.75 Å². The number of rotatable bonds is 4. The quantitative estimate of drug-likeness (QED) is 0.843. The Bertz CT molecular complexity index is 848. The van der Waals surface area contributed by atoms with E-state index in [1.54, 1.807) is 5.01 Å². The third kappa shape index (κ3) is 2.72. The van der Waals surface area contributed by atoms with Crippen molar-refractivity contribution in [2.75, 3.05) is 13.2 Å². The number of nitrogens with one attached hydrogen (secondary N) is 1. The van der Waals surface area contributed by atoms with Gasteiger partial charge in [0.2, 0.25) is 0 Å². The van der Waals surface area contributed by atoms with Crippen LogP contribution in [0, 0.1) is 11.8 Å². The standard InChI is InChI=1S/C21H24N2O3/c1-4-14-11-25-18-10-9-15-7-5-6-8-16(15)19(18)20(14)22-23-17(13(2)3)12-26-21(23)24/h4-10,13-14,17,20,22H,1,11-12H2,2-3H3/t14-,17+,20-/m1/s1. The number of amides is 1. The zero-order chi connectivity index (χ0) is 18.3. The van der Waals surface area contributed by atoms with E-state index in [2.05, 4.69) is 44.1 Å². The van der Waals surface area contributed by atoms with Gasteiger partial charge in [0.05, 0.1) is 18.7 Å². The third-order valence-corrected chi connectivity index (χ3v) is 5.36. The lowest BCUT2D eigenvalue weighted by Crippen LogP contribution is -2.51. The molecule has 0 radical (unpaired) electrons. The minimum atomic E-state index is -0.320. The SMILES string of the molecule is C=C[C@@H]1COc2ccc3ccccc3c2[C@@H]1NN1C(=O)OC[C@H]1C(C)C. The molecule has 136 valence electrons. The van der Waals surface area contributed by atoms with Crippen LogP contribution in [-0.2, 0) is 4.74 Å². The summed E-state index contributed by atoms with van der Waals surface area (Å²) in [7, 11) is 0. The van der Waals surface area contributed by atoms with E-state index in [1.807, 2.05) is 24.3 Å². The van der Waals surface area contributed by atoms with Crippen molar-refractivity contribution in [1.29, 1.82) is 0 Å². The second-order valence-electron chi connectivity index (χ2n) is 7.27. The van der Waals surface area contributed by atoms with Crippen LogP contribution in [0.4, 0.5) is 4.79 Å². The Morgan fingerprint density at radius 1 is 1.19 bits per heavy atom. The summed E-state index contributed by atoms with van der Waals surface area (Å²) in [6.07, 6.45) is 1.58. The van der Waals surface area contributed by atoms with Crippen molar-refractivity contribution in [3.8, 4) is 5.75 Å². The van der Waals surface area contributed by atoms with Gasteiger partial charge in [-0.1, -0.05) is 50.3 Å². The lowest BCUT2D eigenvalue weighted by Gasteiger charge is -2.37. The first-order valence-electron chi connectivity index (χ1n) is 9.09. The molecule has 2 heterocycles. The Morgan fingerprint density at radius 2 is 2.00 bits per heavy atom. The molecule has 1 N–H and O–H groups in total. The van der Waals surface area contributed by atoms with Crippen LogP contribution in [0.1, 0.15) is 25.5 Å². The zero-order valence-corrected chi connectivity index (χ0v) is 15.1. The van der Waals surface area contributed by atoms with Crippen molar-refractivity contribution in [2.24, 2.45) is 11.8 Å². The lowest BCUT2D eigenvalue weighted by molar-refractivity contribution is 0.0972. The summed E-state index contributed by atoms with van der Waals surface area (Å²) in [5.41, 5.74) is 4.53. The van der Waals surface area contributed by atoms with Gasteiger partial charge < -0.3 is 9.47 Å². The molecule has 0 saturated carbocycles. The van der Waals surface area contributed by atoms with Crippen molar-refractivity contribution in [3.05, 3.63) is 54.6 Å². The lowest BCUT2D eigenvalue weighted by atomic mass is 9.87. The fourth-order valence-electron chi connectivity index (χ4n) is 3.81. The fraction of sp³-hybridized carbons (Fsp3) is 0.381. The number of cyclic esters (lactones) is 1. The molecule has 2 aromatic rings. The Balaban J connectivity index is 1.78. The van der Waals surface area contributed by atoms with E-state index in [1.165, 1.54) is 0 Å². The minimum Gasteiger partial charge on any atom is -0.493 e. The van der Waals surface area contributed by atoms with E-state index in [-0.39, 0.29) is 24.1 Å². The molecule has 26 heavy (non-hydrogen) atoms. The van der Waals surface area contributed by atoms with E-state index in [0.29, 0.717) is 19.1 Å². The van der Waals surface area contributed by atoms with Gasteiger partial charge in [-0.3, -0.25) is 0 Å². The van der Waals surface area contributed by atoms with Crippen LogP contribution in [-0.4, -0.2) is 30.4 Å². The number of carbonyl (C=O) groups excluding carboxylic acids is 1. The van der Waals surface area contributed by atoms with Crippen molar-refractivity contribution in [1.82, 2.24) is 10.4 Å². The van der Waals surface area contributed by atoms with Gasteiger partial charge in [-0.25, -0.2) is 15.2 Å². The maximum atomic E-state index is 12.3. The van der Waals surface area contributed by atoms with E-state index < -0.39 is 0 Å². The number of hydrazine groups is 1. The van der Waals surface area contributed by atoms with Crippen molar-refractivity contribution in [2.45, 2.75) is 25.9 Å². The van der Waals surface area contributed by atoms with Gasteiger partial charge in [-0.05, 0) is 22.8 Å². The van der Waals surface area contributed by atoms with Gasteiger partial charge in [-0.15, -0.1) is 6.58 Å². The number of hydrogen-bond donors (Lipinski definition) is 1. The van der Waals surface area contributed by atoms with E-state index >= 15 is 0 Å². The number of nitrogens with zero attached hydrogens (tertiary/aromatic N) is 1. The first kappa shape index (κ1) is 16.9. The highest BCUT2D eigenvalue weighted by molar-refractivity contribution is 5.88. The molecule has 0 bridgehead atoms. The molecular weight excluding hydrogens is 328 g/mol. The molecule has 2 aliphatic heterocycles. The average Bonchev–Trinajstić information content (AvgIpc) is 3.02. The van der Waals surface area contributed by atoms with Crippen molar-refractivity contribution < 1.29 is 14.3 Å². The normalized spacial score (nSPS) is 25.1. The van der Waals surface area contributed by atoms with Gasteiger partial charge >= 0.3 is 6.09 Å². The molecule has 2 aromatic carbocycles. The Hall–Kier alpha value is -2.53. The van der Waals surface area contributed by atoms with Gasteiger partial charge in [0.25, 0.3) is 0 Å². The molecule has 2 aliphatic rings. The second kappa shape index (κ2) is 6.65. The number of ether oxygens (including phenoxy) is 2. The molecular formula is C21H24N2O3. The molecule has 0 spiro atoms. The highest BCUT2D eigenvalue weighted by Crippen LogP contribution is 2.41. The predicted molar refractivity (Wildman–Crippen MR) is 101 cm³/mol. The molecule has 5 nitrogen and oxygen atoms in total. The minimum absolute atomic E-state index is 0.00855. The maximum Gasteiger partial charge on any atom is 0.424 e. The van der Waals surface area contributed by atoms with E-state index in [0.717, 1.165) is 22.1 Å². The van der Waals surface area contributed by atoms with Crippen LogP contribution in [0.15, 0.2) is 49.1 Å². The molecule has 3 atom stereocenters. The molecule has 0 aliphatic carbocycles. The summed E-state index contributed by atoms with van der Waals surface area (Å²) >= 11 is 0. The Labute approximate surface area is 153 Å². The van der Waals surface area contributed by atoms with Crippen LogP contribution in [0.2, 0.25) is 0 Å². The summed E-state index contributed by atoms with van der Waals surface area (Å²) in [5, 5.41) is 3.93. The largest absolute Gasteiger partial charge is 0.493 e. The molecule has 0 aromatic heterocycles. The van der Waals surface area contributed by atoms with Gasteiger partial charge in [0.15, 0.2) is 0 Å². The van der Waals surface area contributed by atoms with Crippen LogP contribution >= 0.6 is 0 Å². The van der Waals surface area contributed by atoms with Gasteiger partial charge in [0.1, 0.15) is 12.4 Å². The summed E-state index contributed by atoms with van der Waals surface area (Å²) in [5.74, 6) is 1.20. The van der Waals surface area contributed by atoms with Gasteiger partial charge in [0, 0.05) is 11.5 Å². The predicted octanol–water partition coefficient (Wildman–Crippen LogP) is 4.06. The highest BCUT2D eigenvalue weighted by Gasteiger charge is 2.40. The summed E-state index contributed by atoms with van der Waals surface area (Å²) in [4.78, 5) is 12.3. The summed E-state index contributed by atoms with van der Waals surface area (Å²) in [6, 6.07) is 12.2. The molecule has 1 saturated heterocycles. The van der Waals surface area contributed by atoms with Crippen LogP contribution in [0.3, 0.4) is 0 Å². The summed E-state index contributed by atoms with van der Waals surface area (Å²) in [6.45, 7) is 9.11. The average molecular weight is 352 g/mol. The molecule has 0 unspecified atom stereocenters. The number of fused-ring (bicyclic) bond motifs is 3. The first-order valence-corrected chi connectivity index (χ1v) is 9.09. The first-order chi connectivity index (χ1) is 12.6. The second-order valence-corrected chi connectivity index (χ2v) is 7.27. The number of hydrogen-bond acceptors (Lipinski definition) is 4. The molecule has 1 fully saturated rings. The van der Waals surface area contributed by atoms with Crippen molar-refractivity contribution >= 4 is 16.9 Å². The van der Waals surface area contributed by atoms with E-state index in [4.69, 9.17) is 9.47 Å². The van der Waals surface area contributed by atoms with Crippen molar-refractivity contribution in [3.63, 3.8) is 0 Å². The highest BCUT2D eigenvalue weighted by atomic mass is 16.6. The molecule has 1 amide bonds. The Morgan fingerprint density at radius 3 is 2.77 bits per heavy atom. The molecule has 4 rings (SSSR count). The monoisotopic (exact) mass is 352 g/mol. The molecule has 5 heteroatoms. The number of benzene rings is 2. The van der Waals surface area contributed by atoms with Crippen LogP contribution in [0.25, 0.3) is 10.8 Å².